The molecule has 0 aliphatic carbocycles. The Kier molecular flexibility index (Phi) is 6.27. The van der Waals surface area contributed by atoms with Gasteiger partial charge >= 0.3 is 0 Å². The van der Waals surface area contributed by atoms with E-state index in [9.17, 15) is 9.59 Å². The van der Waals surface area contributed by atoms with Gasteiger partial charge in [0.1, 0.15) is 11.4 Å². The van der Waals surface area contributed by atoms with E-state index in [-0.39, 0.29) is 30.2 Å². The Morgan fingerprint density at radius 3 is 2.36 bits per heavy atom. The molecule has 0 fully saturated rings. The molecule has 3 aromatic rings. The van der Waals surface area contributed by atoms with E-state index in [1.807, 2.05) is 76.2 Å². The highest BCUT2D eigenvalue weighted by Gasteiger charge is 2.39. The fraction of sp³-hybridized carbons (Fsp3) is 0.222. The molecule has 1 aliphatic heterocycles. The molecule has 1 N–H and O–H groups in total. The van der Waals surface area contributed by atoms with Crippen molar-refractivity contribution in [3.63, 3.8) is 0 Å². The van der Waals surface area contributed by atoms with Crippen molar-refractivity contribution in [2.75, 3.05) is 5.32 Å². The predicted octanol–water partition coefficient (Wildman–Crippen LogP) is 4.88. The van der Waals surface area contributed by atoms with E-state index in [2.05, 4.69) is 10.3 Å². The molecule has 2 aromatic carbocycles. The fourth-order valence-electron chi connectivity index (χ4n) is 3.82. The molecule has 6 heteroatoms. The Morgan fingerprint density at radius 1 is 0.970 bits per heavy atom. The van der Waals surface area contributed by atoms with Crippen LogP contribution in [0.4, 0.5) is 5.69 Å². The van der Waals surface area contributed by atoms with E-state index in [0.717, 1.165) is 16.8 Å². The number of rotatable bonds is 7. The second kappa shape index (κ2) is 9.28. The van der Waals surface area contributed by atoms with Crippen LogP contribution in [-0.2, 0) is 16.1 Å². The molecule has 0 saturated heterocycles. The molecule has 1 aromatic heterocycles. The molecular weight excluding hydrogens is 414 g/mol. The molecule has 4 rings (SSSR count). The summed E-state index contributed by atoms with van der Waals surface area (Å²) in [7, 11) is 0. The van der Waals surface area contributed by atoms with Crippen molar-refractivity contribution in [1.82, 2.24) is 9.88 Å². The van der Waals surface area contributed by atoms with Crippen LogP contribution in [0.3, 0.4) is 0 Å². The highest BCUT2D eigenvalue weighted by molar-refractivity contribution is 6.36. The molecule has 0 bridgehead atoms. The van der Waals surface area contributed by atoms with Gasteiger partial charge in [0.15, 0.2) is 0 Å². The SMILES string of the molecule is Cc1ccc(NC2=C(c3ccc(OC(C)C)cc3)C(=O)N(Cc3ccccn3)C2=O)c(C)c1. The zero-order valence-electron chi connectivity index (χ0n) is 19.3. The highest BCUT2D eigenvalue weighted by atomic mass is 16.5. The van der Waals surface area contributed by atoms with E-state index in [4.69, 9.17) is 4.74 Å². The number of benzene rings is 2. The molecule has 0 spiro atoms. The van der Waals surface area contributed by atoms with Crippen molar-refractivity contribution in [3.8, 4) is 5.75 Å². The number of aromatic nitrogens is 1. The van der Waals surface area contributed by atoms with Gasteiger partial charge < -0.3 is 10.1 Å². The lowest BCUT2D eigenvalue weighted by atomic mass is 10.0. The van der Waals surface area contributed by atoms with E-state index in [1.54, 1.807) is 18.3 Å². The van der Waals surface area contributed by atoms with E-state index in [1.165, 1.54) is 4.90 Å². The number of amides is 2. The van der Waals surface area contributed by atoms with Crippen LogP contribution >= 0.6 is 0 Å². The number of anilines is 1. The van der Waals surface area contributed by atoms with Crippen LogP contribution in [0.2, 0.25) is 0 Å². The summed E-state index contributed by atoms with van der Waals surface area (Å²) >= 11 is 0. The maximum Gasteiger partial charge on any atom is 0.278 e. The topological polar surface area (TPSA) is 71.5 Å². The first-order chi connectivity index (χ1) is 15.8. The van der Waals surface area contributed by atoms with Gasteiger partial charge in [0.25, 0.3) is 11.8 Å². The predicted molar refractivity (Wildman–Crippen MR) is 128 cm³/mol. The third-order valence-corrected chi connectivity index (χ3v) is 5.37. The first-order valence-electron chi connectivity index (χ1n) is 10.9. The van der Waals surface area contributed by atoms with Crippen LogP contribution in [0.15, 0.2) is 72.6 Å². The summed E-state index contributed by atoms with van der Waals surface area (Å²) < 4.78 is 5.73. The van der Waals surface area contributed by atoms with Gasteiger partial charge in [-0.1, -0.05) is 35.9 Å². The van der Waals surface area contributed by atoms with Crippen molar-refractivity contribution >= 4 is 23.1 Å². The summed E-state index contributed by atoms with van der Waals surface area (Å²) in [5, 5.41) is 3.24. The smallest absolute Gasteiger partial charge is 0.278 e. The quantitative estimate of drug-likeness (QED) is 0.529. The zero-order valence-corrected chi connectivity index (χ0v) is 19.3. The number of ether oxygens (including phenoxy) is 1. The molecule has 0 radical (unpaired) electrons. The van der Waals surface area contributed by atoms with Gasteiger partial charge in [-0.15, -0.1) is 0 Å². The molecule has 2 amide bonds. The minimum atomic E-state index is -0.372. The van der Waals surface area contributed by atoms with Gasteiger partial charge in [-0.05, 0) is 69.2 Å². The van der Waals surface area contributed by atoms with Crippen LogP contribution in [0.25, 0.3) is 5.57 Å². The lowest BCUT2D eigenvalue weighted by molar-refractivity contribution is -0.137. The number of imide groups is 1. The first kappa shape index (κ1) is 22.3. The minimum Gasteiger partial charge on any atom is -0.491 e. The van der Waals surface area contributed by atoms with Gasteiger partial charge in [0.2, 0.25) is 0 Å². The number of carbonyl (C=O) groups is 2. The average Bonchev–Trinajstić information content (AvgIpc) is 3.01. The van der Waals surface area contributed by atoms with Crippen LogP contribution in [0.5, 0.6) is 5.75 Å². The minimum absolute atomic E-state index is 0.0420. The number of aryl methyl sites for hydroxylation is 2. The molecule has 1 aliphatic rings. The maximum atomic E-state index is 13.5. The van der Waals surface area contributed by atoms with Crippen LogP contribution in [0.1, 0.15) is 36.2 Å². The molecule has 2 heterocycles. The van der Waals surface area contributed by atoms with Crippen molar-refractivity contribution in [2.24, 2.45) is 0 Å². The summed E-state index contributed by atoms with van der Waals surface area (Å²) in [6, 6.07) is 18.6. The van der Waals surface area contributed by atoms with Crippen molar-refractivity contribution in [3.05, 3.63) is 94.9 Å². The van der Waals surface area contributed by atoms with Gasteiger partial charge in [0, 0.05) is 11.9 Å². The number of hydrogen-bond donors (Lipinski definition) is 1. The lowest BCUT2D eigenvalue weighted by Gasteiger charge is -2.15. The Balaban J connectivity index is 1.73. The van der Waals surface area contributed by atoms with Crippen LogP contribution in [0, 0.1) is 13.8 Å². The monoisotopic (exact) mass is 441 g/mol. The summed E-state index contributed by atoms with van der Waals surface area (Å²) in [5.74, 6) is -0.0149. The Bertz CT molecular complexity index is 1220. The highest BCUT2D eigenvalue weighted by Crippen LogP contribution is 2.33. The van der Waals surface area contributed by atoms with E-state index < -0.39 is 0 Å². The number of nitrogens with zero attached hydrogens (tertiary/aromatic N) is 2. The first-order valence-corrected chi connectivity index (χ1v) is 10.9. The molecule has 6 nitrogen and oxygen atoms in total. The number of nitrogens with one attached hydrogen (secondary N) is 1. The second-order valence-corrected chi connectivity index (χ2v) is 8.40. The van der Waals surface area contributed by atoms with Crippen LogP contribution < -0.4 is 10.1 Å². The normalized spacial score (nSPS) is 13.8. The summed E-state index contributed by atoms with van der Waals surface area (Å²) in [5.41, 5.74) is 4.80. The standard InChI is InChI=1S/C27H27N3O3/c1-17(2)33-22-11-9-20(10-12-22)24-25(29-23-13-8-18(3)15-19(23)4)27(32)30(26(24)31)16-21-7-5-6-14-28-21/h5-15,17,29H,16H2,1-4H3. The third kappa shape index (κ3) is 4.80. The zero-order chi connectivity index (χ0) is 23.5. The lowest BCUT2D eigenvalue weighted by Crippen LogP contribution is -2.32. The van der Waals surface area contributed by atoms with E-state index in [0.29, 0.717) is 22.6 Å². The molecule has 0 saturated carbocycles. The Morgan fingerprint density at radius 2 is 1.73 bits per heavy atom. The van der Waals surface area contributed by atoms with Crippen molar-refractivity contribution in [1.29, 1.82) is 0 Å². The second-order valence-electron chi connectivity index (χ2n) is 8.40. The van der Waals surface area contributed by atoms with Gasteiger partial charge in [-0.2, -0.15) is 0 Å². The molecule has 168 valence electrons. The Hall–Kier alpha value is -3.93. The summed E-state index contributed by atoms with van der Waals surface area (Å²) in [6.07, 6.45) is 1.69. The number of pyridine rings is 1. The maximum absolute atomic E-state index is 13.5. The molecule has 0 unspecified atom stereocenters. The number of hydrogen-bond acceptors (Lipinski definition) is 5. The van der Waals surface area contributed by atoms with Crippen molar-refractivity contribution < 1.29 is 14.3 Å². The van der Waals surface area contributed by atoms with E-state index >= 15 is 0 Å². The Labute approximate surface area is 193 Å². The largest absolute Gasteiger partial charge is 0.491 e. The third-order valence-electron chi connectivity index (χ3n) is 5.37. The van der Waals surface area contributed by atoms with Gasteiger partial charge in [0.05, 0.1) is 23.9 Å². The number of carbonyl (C=O) groups excluding carboxylic acids is 2. The van der Waals surface area contributed by atoms with Gasteiger partial charge in [-0.25, -0.2) is 0 Å². The molecule has 33 heavy (non-hydrogen) atoms. The van der Waals surface area contributed by atoms with Gasteiger partial charge in [-0.3, -0.25) is 19.5 Å². The van der Waals surface area contributed by atoms with Crippen LogP contribution in [-0.4, -0.2) is 27.8 Å². The summed E-state index contributed by atoms with van der Waals surface area (Å²) in [6.45, 7) is 8.00. The average molecular weight is 442 g/mol. The van der Waals surface area contributed by atoms with Crippen molar-refractivity contribution in [2.45, 2.75) is 40.3 Å². The fourth-order valence-corrected chi connectivity index (χ4v) is 3.82. The molecular formula is C27H27N3O3. The molecule has 0 atom stereocenters. The summed E-state index contributed by atoms with van der Waals surface area (Å²) in [4.78, 5) is 32.4.